The molecule has 4 nitrogen and oxygen atoms in total. The molecule has 2 aromatic rings. The summed E-state index contributed by atoms with van der Waals surface area (Å²) in [4.78, 5) is 0. The molecule has 0 spiro atoms. The van der Waals surface area contributed by atoms with E-state index in [1.165, 1.54) is 33.4 Å². The zero-order chi connectivity index (χ0) is 28.8. The van der Waals surface area contributed by atoms with Gasteiger partial charge in [0.25, 0.3) is 0 Å². The van der Waals surface area contributed by atoms with Crippen molar-refractivity contribution in [3.05, 3.63) is 57.6 Å². The van der Waals surface area contributed by atoms with Crippen LogP contribution < -0.4 is 9.47 Å². The largest absolute Gasteiger partial charge is 0.491 e. The van der Waals surface area contributed by atoms with Gasteiger partial charge in [0, 0.05) is 5.41 Å². The van der Waals surface area contributed by atoms with E-state index in [0.29, 0.717) is 19.1 Å². The summed E-state index contributed by atoms with van der Waals surface area (Å²) in [7, 11) is 0. The minimum Gasteiger partial charge on any atom is -0.491 e. The highest BCUT2D eigenvalue weighted by atomic mass is 16.5. The molecule has 0 radical (unpaired) electrons. The standard InChI is InChI=1S/C34H54O4/c1-21(2)20-34(11,26-16-28(22(3)4)32(37-14-12-35)29(17-26)23(5)6)27-18-30(24(7)8)33(38-15-13-36)31(19-27)25(9)10/h16-19,21-25,35-36H,12-15,20H2,1-11H3. The average Bonchev–Trinajstić information content (AvgIpc) is 2.84. The zero-order valence-electron chi connectivity index (χ0n) is 25.9. The van der Waals surface area contributed by atoms with Gasteiger partial charge >= 0.3 is 0 Å². The van der Waals surface area contributed by atoms with Crippen molar-refractivity contribution < 1.29 is 19.7 Å². The molecule has 4 heteroatoms. The zero-order valence-corrected chi connectivity index (χ0v) is 25.9. The monoisotopic (exact) mass is 526 g/mol. The normalized spacial score (nSPS) is 12.5. The lowest BCUT2D eigenvalue weighted by molar-refractivity contribution is 0.198. The molecule has 2 rings (SSSR count). The fourth-order valence-corrected chi connectivity index (χ4v) is 5.55. The minimum absolute atomic E-state index is 0.00253. The maximum atomic E-state index is 9.49. The first-order valence-electron chi connectivity index (χ1n) is 14.6. The first-order valence-corrected chi connectivity index (χ1v) is 14.6. The Morgan fingerprint density at radius 2 is 0.868 bits per heavy atom. The Hall–Kier alpha value is -2.04. The summed E-state index contributed by atoms with van der Waals surface area (Å²) in [6.07, 6.45) is 1.00. The highest BCUT2D eigenvalue weighted by Gasteiger charge is 2.34. The van der Waals surface area contributed by atoms with Crippen molar-refractivity contribution in [2.45, 2.75) is 112 Å². The van der Waals surface area contributed by atoms with Crippen LogP contribution in [0.15, 0.2) is 24.3 Å². The molecular weight excluding hydrogens is 472 g/mol. The Kier molecular flexibility index (Phi) is 11.7. The second-order valence-corrected chi connectivity index (χ2v) is 12.7. The number of rotatable bonds is 14. The van der Waals surface area contributed by atoms with Gasteiger partial charge in [-0.15, -0.1) is 0 Å². The van der Waals surface area contributed by atoms with Gasteiger partial charge in [0.15, 0.2) is 0 Å². The van der Waals surface area contributed by atoms with E-state index < -0.39 is 0 Å². The SMILES string of the molecule is CC(C)CC(C)(c1cc(C(C)C)c(OCCO)c(C(C)C)c1)c1cc(C(C)C)c(OCCO)c(C(C)C)c1. The summed E-state index contributed by atoms with van der Waals surface area (Å²) in [5.74, 6) is 3.50. The first kappa shape index (κ1) is 32.2. The Morgan fingerprint density at radius 1 is 0.579 bits per heavy atom. The first-order chi connectivity index (χ1) is 17.8. The van der Waals surface area contributed by atoms with Crippen LogP contribution in [0.3, 0.4) is 0 Å². The molecule has 0 aliphatic heterocycles. The van der Waals surface area contributed by atoms with Crippen molar-refractivity contribution >= 4 is 0 Å². The molecule has 0 heterocycles. The second kappa shape index (κ2) is 13.8. The van der Waals surface area contributed by atoms with E-state index >= 15 is 0 Å². The summed E-state index contributed by atoms with van der Waals surface area (Å²) in [5, 5.41) is 19.0. The quantitative estimate of drug-likeness (QED) is 0.260. The maximum Gasteiger partial charge on any atom is 0.126 e. The molecule has 0 unspecified atom stereocenters. The van der Waals surface area contributed by atoms with Crippen molar-refractivity contribution in [1.82, 2.24) is 0 Å². The van der Waals surface area contributed by atoms with E-state index in [4.69, 9.17) is 9.47 Å². The summed E-state index contributed by atoms with van der Waals surface area (Å²) in [6, 6.07) is 9.41. The third-order valence-corrected chi connectivity index (χ3v) is 7.55. The number of aliphatic hydroxyl groups excluding tert-OH is 2. The Labute approximate surface area is 232 Å². The number of benzene rings is 2. The predicted molar refractivity (Wildman–Crippen MR) is 160 cm³/mol. The summed E-state index contributed by atoms with van der Waals surface area (Å²) >= 11 is 0. The smallest absolute Gasteiger partial charge is 0.126 e. The third kappa shape index (κ3) is 7.33. The molecule has 0 amide bonds. The summed E-state index contributed by atoms with van der Waals surface area (Å²) < 4.78 is 12.3. The molecular formula is C34H54O4. The van der Waals surface area contributed by atoms with Crippen LogP contribution in [-0.4, -0.2) is 36.6 Å². The van der Waals surface area contributed by atoms with E-state index in [2.05, 4.69) is 100 Å². The lowest BCUT2D eigenvalue weighted by Crippen LogP contribution is -2.27. The minimum atomic E-state index is -0.222. The van der Waals surface area contributed by atoms with E-state index in [1.54, 1.807) is 0 Å². The lowest BCUT2D eigenvalue weighted by Gasteiger charge is -2.36. The van der Waals surface area contributed by atoms with Crippen molar-refractivity contribution in [3.63, 3.8) is 0 Å². The summed E-state index contributed by atoms with van der Waals surface area (Å²) in [5.41, 5.74) is 7.19. The van der Waals surface area contributed by atoms with E-state index in [9.17, 15) is 10.2 Å². The van der Waals surface area contributed by atoms with Gasteiger partial charge in [-0.05, 0) is 69.4 Å². The van der Waals surface area contributed by atoms with Crippen molar-refractivity contribution in [3.8, 4) is 11.5 Å². The van der Waals surface area contributed by atoms with E-state index in [0.717, 1.165) is 17.9 Å². The maximum absolute atomic E-state index is 9.49. The fourth-order valence-electron chi connectivity index (χ4n) is 5.55. The molecule has 2 aromatic carbocycles. The van der Waals surface area contributed by atoms with Crippen LogP contribution in [0.4, 0.5) is 0 Å². The van der Waals surface area contributed by atoms with Crippen LogP contribution in [0.25, 0.3) is 0 Å². The van der Waals surface area contributed by atoms with Gasteiger partial charge in [-0.1, -0.05) is 100 Å². The van der Waals surface area contributed by atoms with Crippen LogP contribution in [0.2, 0.25) is 0 Å². The fraction of sp³-hybridized carbons (Fsp3) is 0.647. The highest BCUT2D eigenvalue weighted by Crippen LogP contribution is 2.47. The van der Waals surface area contributed by atoms with Crippen LogP contribution >= 0.6 is 0 Å². The van der Waals surface area contributed by atoms with Crippen LogP contribution in [-0.2, 0) is 5.41 Å². The molecule has 0 fully saturated rings. The molecule has 0 bridgehead atoms. The second-order valence-electron chi connectivity index (χ2n) is 12.7. The molecule has 0 aromatic heterocycles. The van der Waals surface area contributed by atoms with Gasteiger partial charge in [-0.2, -0.15) is 0 Å². The predicted octanol–water partition coefficient (Wildman–Crippen LogP) is 8.27. The molecule has 0 aliphatic carbocycles. The number of aliphatic hydroxyl groups is 2. The van der Waals surface area contributed by atoms with Crippen LogP contribution in [0.1, 0.15) is 140 Å². The molecule has 0 aliphatic rings. The highest BCUT2D eigenvalue weighted by molar-refractivity contribution is 5.55. The van der Waals surface area contributed by atoms with Crippen LogP contribution in [0.5, 0.6) is 11.5 Å². The molecule has 214 valence electrons. The van der Waals surface area contributed by atoms with Crippen molar-refractivity contribution in [1.29, 1.82) is 0 Å². The number of hydrogen-bond donors (Lipinski definition) is 2. The molecule has 0 atom stereocenters. The average molecular weight is 527 g/mol. The Balaban J connectivity index is 2.94. The van der Waals surface area contributed by atoms with E-state index in [-0.39, 0.29) is 42.3 Å². The van der Waals surface area contributed by atoms with Gasteiger partial charge in [-0.3, -0.25) is 0 Å². The van der Waals surface area contributed by atoms with Crippen molar-refractivity contribution in [2.24, 2.45) is 5.92 Å². The van der Waals surface area contributed by atoms with E-state index in [1.807, 2.05) is 0 Å². The Bertz CT molecular complexity index is 899. The topological polar surface area (TPSA) is 58.9 Å². The number of hydrogen-bond acceptors (Lipinski definition) is 4. The van der Waals surface area contributed by atoms with Crippen LogP contribution in [0, 0.1) is 5.92 Å². The molecule has 38 heavy (non-hydrogen) atoms. The van der Waals surface area contributed by atoms with Gasteiger partial charge < -0.3 is 19.7 Å². The van der Waals surface area contributed by atoms with Gasteiger partial charge in [0.1, 0.15) is 24.7 Å². The summed E-state index contributed by atoms with van der Waals surface area (Å²) in [6.45, 7) is 25.3. The molecule has 2 N–H and O–H groups in total. The third-order valence-electron chi connectivity index (χ3n) is 7.55. The molecule has 0 saturated heterocycles. The van der Waals surface area contributed by atoms with Gasteiger partial charge in [-0.25, -0.2) is 0 Å². The van der Waals surface area contributed by atoms with Gasteiger partial charge in [0.05, 0.1) is 13.2 Å². The van der Waals surface area contributed by atoms with Gasteiger partial charge in [0.2, 0.25) is 0 Å². The van der Waals surface area contributed by atoms with Crippen molar-refractivity contribution in [2.75, 3.05) is 26.4 Å². The molecule has 0 saturated carbocycles. The lowest BCUT2D eigenvalue weighted by atomic mass is 9.68. The Morgan fingerprint density at radius 3 is 1.08 bits per heavy atom. The number of ether oxygens (including phenoxy) is 2.